The number of hydrogen-bond acceptors (Lipinski definition) is 3. The van der Waals surface area contributed by atoms with Crippen molar-refractivity contribution in [2.45, 2.75) is 26.7 Å². The molecule has 1 rings (SSSR count). The minimum atomic E-state index is -0.109. The molecule has 0 aliphatic carbocycles. The topological polar surface area (TPSA) is 70.2 Å². The molecule has 0 heterocycles. The van der Waals surface area contributed by atoms with Crippen LogP contribution in [0.25, 0.3) is 0 Å². The molecule has 110 valence electrons. The second-order valence-corrected chi connectivity index (χ2v) is 4.69. The van der Waals surface area contributed by atoms with Gasteiger partial charge in [0.1, 0.15) is 0 Å². The largest absolute Gasteiger partial charge is 0.356 e. The van der Waals surface area contributed by atoms with Crippen molar-refractivity contribution in [1.29, 1.82) is 0 Å². The normalized spacial score (nSPS) is 10.1. The van der Waals surface area contributed by atoms with E-state index in [-0.39, 0.29) is 18.4 Å². The van der Waals surface area contributed by atoms with Gasteiger partial charge >= 0.3 is 0 Å². The van der Waals surface area contributed by atoms with Crippen LogP contribution in [-0.2, 0) is 9.59 Å². The number of hydrogen-bond donors (Lipinski definition) is 3. The molecule has 0 fully saturated rings. The molecule has 0 radical (unpaired) electrons. The number of nitrogens with one attached hydrogen (secondary N) is 3. The van der Waals surface area contributed by atoms with Gasteiger partial charge in [0.15, 0.2) is 0 Å². The molecule has 0 aliphatic rings. The highest BCUT2D eigenvalue weighted by molar-refractivity contribution is 5.92. The summed E-state index contributed by atoms with van der Waals surface area (Å²) in [6, 6.07) is 7.62. The average molecular weight is 277 g/mol. The van der Waals surface area contributed by atoms with E-state index in [1.54, 1.807) is 0 Å². The smallest absolute Gasteiger partial charge is 0.238 e. The summed E-state index contributed by atoms with van der Waals surface area (Å²) in [5.41, 5.74) is 1.93. The molecule has 2 amide bonds. The maximum absolute atomic E-state index is 11.6. The summed E-state index contributed by atoms with van der Waals surface area (Å²) < 4.78 is 0. The molecule has 5 nitrogen and oxygen atoms in total. The molecule has 0 aromatic heterocycles. The van der Waals surface area contributed by atoms with E-state index < -0.39 is 0 Å². The Balaban J connectivity index is 2.14. The van der Waals surface area contributed by atoms with E-state index in [9.17, 15) is 9.59 Å². The Morgan fingerprint density at radius 3 is 2.40 bits per heavy atom. The zero-order chi connectivity index (χ0) is 14.8. The monoisotopic (exact) mass is 277 g/mol. The lowest BCUT2D eigenvalue weighted by Gasteiger charge is -2.07. The van der Waals surface area contributed by atoms with Gasteiger partial charge in [-0.1, -0.05) is 24.6 Å². The third-order valence-electron chi connectivity index (χ3n) is 2.72. The van der Waals surface area contributed by atoms with Crippen LogP contribution >= 0.6 is 0 Å². The molecule has 0 bridgehead atoms. The molecular formula is C15H23N3O2. The third kappa shape index (κ3) is 6.89. The summed E-state index contributed by atoms with van der Waals surface area (Å²) in [4.78, 5) is 23.0. The number of amides is 2. The van der Waals surface area contributed by atoms with Gasteiger partial charge in [-0.2, -0.15) is 0 Å². The molecule has 1 aromatic carbocycles. The van der Waals surface area contributed by atoms with Gasteiger partial charge in [0.2, 0.25) is 11.8 Å². The van der Waals surface area contributed by atoms with Crippen molar-refractivity contribution in [3.05, 3.63) is 29.8 Å². The Labute approximate surface area is 120 Å². The van der Waals surface area contributed by atoms with Crippen molar-refractivity contribution >= 4 is 17.5 Å². The Kier molecular flexibility index (Phi) is 7.35. The molecule has 3 N–H and O–H groups in total. The molecule has 1 aromatic rings. The standard InChI is InChI=1S/C15H23N3O2/c1-3-9-17-14(19)8-10-16-11-15(20)18-13-6-4-12(2)5-7-13/h4-7,16H,3,8-11H2,1-2H3,(H,17,19)(H,18,20). The van der Waals surface area contributed by atoms with Crippen LogP contribution in [0.15, 0.2) is 24.3 Å². The van der Waals surface area contributed by atoms with Gasteiger partial charge in [0.25, 0.3) is 0 Å². The highest BCUT2D eigenvalue weighted by Gasteiger charge is 2.03. The van der Waals surface area contributed by atoms with Crippen molar-refractivity contribution in [2.24, 2.45) is 0 Å². The number of rotatable bonds is 8. The molecular weight excluding hydrogens is 254 g/mol. The summed E-state index contributed by atoms with van der Waals surface area (Å²) >= 11 is 0. The predicted octanol–water partition coefficient (Wildman–Crippen LogP) is 1.44. The van der Waals surface area contributed by atoms with Crippen LogP contribution < -0.4 is 16.0 Å². The van der Waals surface area contributed by atoms with Gasteiger partial charge in [-0.15, -0.1) is 0 Å². The lowest BCUT2D eigenvalue weighted by Crippen LogP contribution is -2.32. The number of carbonyl (C=O) groups excluding carboxylic acids is 2. The van der Waals surface area contributed by atoms with Crippen LogP contribution in [0.4, 0.5) is 5.69 Å². The second-order valence-electron chi connectivity index (χ2n) is 4.69. The lowest BCUT2D eigenvalue weighted by atomic mass is 10.2. The van der Waals surface area contributed by atoms with E-state index in [1.807, 2.05) is 38.1 Å². The molecule has 5 heteroatoms. The zero-order valence-electron chi connectivity index (χ0n) is 12.2. The number of anilines is 1. The fourth-order valence-corrected chi connectivity index (χ4v) is 1.60. The zero-order valence-corrected chi connectivity index (χ0v) is 12.2. The van der Waals surface area contributed by atoms with Gasteiger partial charge in [-0.25, -0.2) is 0 Å². The van der Waals surface area contributed by atoms with E-state index >= 15 is 0 Å². The van der Waals surface area contributed by atoms with Gasteiger partial charge in [0.05, 0.1) is 6.54 Å². The summed E-state index contributed by atoms with van der Waals surface area (Å²) in [6.07, 6.45) is 1.32. The molecule has 0 saturated heterocycles. The summed E-state index contributed by atoms with van der Waals surface area (Å²) in [5.74, 6) is -0.0962. The minimum Gasteiger partial charge on any atom is -0.356 e. The highest BCUT2D eigenvalue weighted by atomic mass is 16.2. The van der Waals surface area contributed by atoms with Crippen molar-refractivity contribution in [3.63, 3.8) is 0 Å². The molecule has 0 unspecified atom stereocenters. The molecule has 0 aliphatic heterocycles. The Hall–Kier alpha value is -1.88. The van der Waals surface area contributed by atoms with Gasteiger partial charge in [-0.05, 0) is 25.5 Å². The summed E-state index contributed by atoms with van der Waals surface area (Å²) in [7, 11) is 0. The van der Waals surface area contributed by atoms with Gasteiger partial charge in [-0.3, -0.25) is 9.59 Å². The van der Waals surface area contributed by atoms with Crippen LogP contribution in [0, 0.1) is 6.92 Å². The minimum absolute atomic E-state index is 0.0123. The van der Waals surface area contributed by atoms with Crippen molar-refractivity contribution in [3.8, 4) is 0 Å². The van der Waals surface area contributed by atoms with Crippen molar-refractivity contribution < 1.29 is 9.59 Å². The second kappa shape index (κ2) is 9.09. The van der Waals surface area contributed by atoms with Crippen LogP contribution in [0.1, 0.15) is 25.3 Å². The van der Waals surface area contributed by atoms with Gasteiger partial charge < -0.3 is 16.0 Å². The first kappa shape index (κ1) is 16.2. The summed E-state index contributed by atoms with van der Waals surface area (Å²) in [6.45, 7) is 5.41. The van der Waals surface area contributed by atoms with Crippen molar-refractivity contribution in [2.75, 3.05) is 25.0 Å². The third-order valence-corrected chi connectivity index (χ3v) is 2.72. The van der Waals surface area contributed by atoms with Gasteiger partial charge in [0, 0.05) is 25.2 Å². The molecule has 0 atom stereocenters. The predicted molar refractivity (Wildman–Crippen MR) is 80.6 cm³/mol. The number of carbonyl (C=O) groups is 2. The lowest BCUT2D eigenvalue weighted by molar-refractivity contribution is -0.121. The van der Waals surface area contributed by atoms with E-state index in [4.69, 9.17) is 0 Å². The highest BCUT2D eigenvalue weighted by Crippen LogP contribution is 2.07. The Morgan fingerprint density at radius 2 is 1.75 bits per heavy atom. The number of aryl methyl sites for hydroxylation is 1. The fraction of sp³-hybridized carbons (Fsp3) is 0.467. The SMILES string of the molecule is CCCNC(=O)CCNCC(=O)Nc1ccc(C)cc1. The first-order valence-corrected chi connectivity index (χ1v) is 6.95. The fourth-order valence-electron chi connectivity index (χ4n) is 1.60. The van der Waals surface area contributed by atoms with Crippen molar-refractivity contribution in [1.82, 2.24) is 10.6 Å². The van der Waals surface area contributed by atoms with Crippen LogP contribution in [0.2, 0.25) is 0 Å². The number of benzene rings is 1. The summed E-state index contributed by atoms with van der Waals surface area (Å²) in [5, 5.41) is 8.53. The van der Waals surface area contributed by atoms with Crippen LogP contribution in [0.5, 0.6) is 0 Å². The molecule has 0 saturated carbocycles. The Morgan fingerprint density at radius 1 is 1.05 bits per heavy atom. The van der Waals surface area contributed by atoms with E-state index in [0.717, 1.165) is 17.7 Å². The van der Waals surface area contributed by atoms with E-state index in [2.05, 4.69) is 16.0 Å². The first-order valence-electron chi connectivity index (χ1n) is 6.95. The maximum Gasteiger partial charge on any atom is 0.238 e. The van der Waals surface area contributed by atoms with Crippen LogP contribution in [0.3, 0.4) is 0 Å². The first-order chi connectivity index (χ1) is 9.61. The Bertz CT molecular complexity index is 429. The van der Waals surface area contributed by atoms with E-state index in [1.165, 1.54) is 0 Å². The average Bonchev–Trinajstić information content (AvgIpc) is 2.44. The van der Waals surface area contributed by atoms with E-state index in [0.29, 0.717) is 19.5 Å². The quantitative estimate of drug-likeness (QED) is 0.630. The molecule has 20 heavy (non-hydrogen) atoms. The maximum atomic E-state index is 11.6. The molecule has 0 spiro atoms. The van der Waals surface area contributed by atoms with Crippen LogP contribution in [-0.4, -0.2) is 31.4 Å².